The van der Waals surface area contributed by atoms with Crippen LogP contribution in [0.2, 0.25) is 0 Å². The van der Waals surface area contributed by atoms with E-state index in [4.69, 9.17) is 0 Å². The Kier molecular flexibility index (Phi) is 15.3. The number of hydrogen-bond acceptors (Lipinski definition) is 3. The lowest BCUT2D eigenvalue weighted by atomic mass is 10.0. The Balaban J connectivity index is 1.84. The predicted octanol–water partition coefficient (Wildman–Crippen LogP) is 8.66. The number of benzene rings is 1. The van der Waals surface area contributed by atoms with Gasteiger partial charge in [-0.15, -0.1) is 11.3 Å². The van der Waals surface area contributed by atoms with Crippen LogP contribution in [0.5, 0.6) is 0 Å². The molecule has 1 heterocycles. The molecule has 0 aliphatic rings. The number of hydrogen-bond donors (Lipinski definition) is 0. The molecule has 2 rings (SSSR count). The molecule has 0 N–H and O–H groups in total. The quantitative estimate of drug-likeness (QED) is 0.166. The van der Waals surface area contributed by atoms with Crippen molar-refractivity contribution in [2.45, 2.75) is 124 Å². The summed E-state index contributed by atoms with van der Waals surface area (Å²) in [5, 5.41) is 2.03. The molecule has 0 spiro atoms. The first-order chi connectivity index (χ1) is 18.3. The minimum Gasteiger partial charge on any atom is -0.332 e. The van der Waals surface area contributed by atoms with Crippen LogP contribution in [-0.2, 0) is 22.7 Å². The van der Waals surface area contributed by atoms with Crippen molar-refractivity contribution in [3.63, 3.8) is 0 Å². The van der Waals surface area contributed by atoms with Crippen LogP contribution in [0, 0.1) is 12.7 Å². The number of unbranched alkanes of at least 4 members (excludes halogenated alkanes) is 10. The summed E-state index contributed by atoms with van der Waals surface area (Å²) >= 11 is 1.63. The van der Waals surface area contributed by atoms with Crippen LogP contribution in [0.3, 0.4) is 0 Å². The summed E-state index contributed by atoms with van der Waals surface area (Å²) in [7, 11) is 0. The zero-order valence-corrected chi connectivity index (χ0v) is 25.0. The predicted molar refractivity (Wildman–Crippen MR) is 158 cm³/mol. The molecule has 0 atom stereocenters. The van der Waals surface area contributed by atoms with Crippen molar-refractivity contribution in [3.8, 4) is 0 Å². The third-order valence-corrected chi connectivity index (χ3v) is 8.19. The van der Waals surface area contributed by atoms with Gasteiger partial charge in [-0.2, -0.15) is 0 Å². The number of carbonyl (C=O) groups is 2. The Morgan fingerprint density at radius 3 is 1.92 bits per heavy atom. The van der Waals surface area contributed by atoms with E-state index in [0.29, 0.717) is 19.5 Å². The minimum absolute atomic E-state index is 0.0460. The molecule has 6 heteroatoms. The van der Waals surface area contributed by atoms with Crippen LogP contribution >= 0.6 is 11.3 Å². The molecule has 0 unspecified atom stereocenters. The molecule has 0 saturated carbocycles. The first kappa shape index (κ1) is 32.0. The minimum atomic E-state index is -0.292. The Morgan fingerprint density at radius 1 is 0.816 bits per heavy atom. The molecule has 0 radical (unpaired) electrons. The molecule has 4 nitrogen and oxygen atoms in total. The average Bonchev–Trinajstić information content (AvgIpc) is 3.30. The summed E-state index contributed by atoms with van der Waals surface area (Å²) in [6.07, 6.45) is 14.2. The first-order valence-corrected chi connectivity index (χ1v) is 15.5. The van der Waals surface area contributed by atoms with Crippen LogP contribution in [-0.4, -0.2) is 34.2 Å². The van der Waals surface area contributed by atoms with Crippen LogP contribution in [0.15, 0.2) is 35.7 Å². The van der Waals surface area contributed by atoms with Crippen LogP contribution < -0.4 is 0 Å². The van der Waals surface area contributed by atoms with Gasteiger partial charge in [-0.1, -0.05) is 83.3 Å². The Hall–Kier alpha value is -2.21. The van der Waals surface area contributed by atoms with Crippen LogP contribution in [0.1, 0.15) is 114 Å². The molecule has 0 aliphatic heterocycles. The van der Waals surface area contributed by atoms with E-state index >= 15 is 0 Å². The van der Waals surface area contributed by atoms with Gasteiger partial charge in [-0.05, 0) is 61.9 Å². The zero-order valence-electron chi connectivity index (χ0n) is 24.1. The van der Waals surface area contributed by atoms with Gasteiger partial charge in [-0.3, -0.25) is 9.59 Å². The van der Waals surface area contributed by atoms with Gasteiger partial charge in [0.1, 0.15) is 5.82 Å². The molecule has 1 aromatic heterocycles. The monoisotopic (exact) mass is 544 g/mol. The summed E-state index contributed by atoms with van der Waals surface area (Å²) in [6.45, 7) is 9.18. The largest absolute Gasteiger partial charge is 0.332 e. The van der Waals surface area contributed by atoms with Gasteiger partial charge >= 0.3 is 0 Å². The summed E-state index contributed by atoms with van der Waals surface area (Å²) in [4.78, 5) is 31.2. The van der Waals surface area contributed by atoms with E-state index < -0.39 is 0 Å². The zero-order chi connectivity index (χ0) is 27.8. The van der Waals surface area contributed by atoms with Crippen molar-refractivity contribution in [1.82, 2.24) is 9.80 Å². The van der Waals surface area contributed by atoms with Crippen molar-refractivity contribution in [1.29, 1.82) is 0 Å². The molecular formula is C32H49FN2O2S. The highest BCUT2D eigenvalue weighted by atomic mass is 32.1. The van der Waals surface area contributed by atoms with Crippen LogP contribution in [0.4, 0.5) is 4.39 Å². The lowest BCUT2D eigenvalue weighted by Gasteiger charge is -2.30. The van der Waals surface area contributed by atoms with E-state index in [1.165, 1.54) is 69.9 Å². The first-order valence-electron chi connectivity index (χ1n) is 14.7. The molecule has 38 heavy (non-hydrogen) atoms. The second-order valence-electron chi connectivity index (χ2n) is 10.8. The molecule has 0 bridgehead atoms. The number of thiophene rings is 1. The Morgan fingerprint density at radius 2 is 1.39 bits per heavy atom. The molecule has 212 valence electrons. The molecule has 2 aromatic rings. The summed E-state index contributed by atoms with van der Waals surface area (Å²) in [5.41, 5.74) is 2.03. The molecule has 0 aliphatic carbocycles. The topological polar surface area (TPSA) is 40.6 Å². The fourth-order valence-electron chi connectivity index (χ4n) is 4.67. The van der Waals surface area contributed by atoms with E-state index in [2.05, 4.69) is 13.0 Å². The molecule has 1 aromatic carbocycles. The number of nitrogens with zero attached hydrogens (tertiary/aromatic N) is 2. The maximum absolute atomic E-state index is 13.5. The van der Waals surface area contributed by atoms with Crippen molar-refractivity contribution in [2.24, 2.45) is 0 Å². The number of amides is 2. The van der Waals surface area contributed by atoms with Gasteiger partial charge in [0, 0.05) is 23.9 Å². The molecule has 0 fully saturated rings. The van der Waals surface area contributed by atoms with Crippen molar-refractivity contribution >= 4 is 23.2 Å². The summed E-state index contributed by atoms with van der Waals surface area (Å²) < 4.78 is 13.4. The Bertz CT molecular complexity index is 941. The van der Waals surface area contributed by atoms with E-state index in [0.717, 1.165) is 28.8 Å². The second kappa shape index (κ2) is 18.1. The number of halogens is 1. The highest BCUT2D eigenvalue weighted by molar-refractivity contribution is 7.10. The SMILES string of the molecule is CCCCCCCCCCCCCC(=O)N(CC(=O)N(Cc1ccc(F)cc1)Cc1sccc1C)C(C)C. The lowest BCUT2D eigenvalue weighted by molar-refractivity contribution is -0.142. The number of aryl methyl sites for hydroxylation is 1. The molecule has 2 amide bonds. The standard InChI is InChI=1S/C32H49FN2O2S/c1-5-6-7-8-9-10-11-12-13-14-15-16-31(36)35(26(2)3)25-32(37)34(24-30-27(4)21-22-38-30)23-28-17-19-29(33)20-18-28/h17-22,26H,5-16,23-25H2,1-4H3. The van der Waals surface area contributed by atoms with E-state index in [1.54, 1.807) is 33.3 Å². The van der Waals surface area contributed by atoms with Gasteiger partial charge in [0.15, 0.2) is 0 Å². The second-order valence-corrected chi connectivity index (χ2v) is 11.8. The Labute approximate surface area is 234 Å². The van der Waals surface area contributed by atoms with Gasteiger partial charge in [0.25, 0.3) is 0 Å². The molecular weight excluding hydrogens is 495 g/mol. The maximum atomic E-state index is 13.5. The van der Waals surface area contributed by atoms with Gasteiger partial charge in [-0.25, -0.2) is 4.39 Å². The van der Waals surface area contributed by atoms with Crippen LogP contribution in [0.25, 0.3) is 0 Å². The molecule has 0 saturated heterocycles. The smallest absolute Gasteiger partial charge is 0.242 e. The van der Waals surface area contributed by atoms with Gasteiger partial charge < -0.3 is 9.80 Å². The highest BCUT2D eigenvalue weighted by Gasteiger charge is 2.24. The summed E-state index contributed by atoms with van der Waals surface area (Å²) in [6, 6.07) is 8.29. The maximum Gasteiger partial charge on any atom is 0.242 e. The lowest BCUT2D eigenvalue weighted by Crippen LogP contribution is -2.45. The highest BCUT2D eigenvalue weighted by Crippen LogP contribution is 2.20. The van der Waals surface area contributed by atoms with Gasteiger partial charge in [0.05, 0.1) is 13.1 Å². The van der Waals surface area contributed by atoms with E-state index in [1.807, 2.05) is 26.2 Å². The number of carbonyl (C=O) groups excluding carboxylic acids is 2. The fourth-order valence-corrected chi connectivity index (χ4v) is 5.59. The third-order valence-electron chi connectivity index (χ3n) is 7.19. The average molecular weight is 545 g/mol. The van der Waals surface area contributed by atoms with Gasteiger partial charge in [0.2, 0.25) is 11.8 Å². The van der Waals surface area contributed by atoms with Crippen molar-refractivity contribution in [2.75, 3.05) is 6.54 Å². The fraction of sp³-hybridized carbons (Fsp3) is 0.625. The van der Waals surface area contributed by atoms with E-state index in [9.17, 15) is 14.0 Å². The third kappa shape index (κ3) is 12.1. The van der Waals surface area contributed by atoms with Crippen molar-refractivity contribution in [3.05, 3.63) is 57.5 Å². The van der Waals surface area contributed by atoms with E-state index in [-0.39, 0.29) is 30.2 Å². The normalized spacial score (nSPS) is 11.2. The summed E-state index contributed by atoms with van der Waals surface area (Å²) in [5.74, 6) is -0.318. The van der Waals surface area contributed by atoms with Crippen molar-refractivity contribution < 1.29 is 14.0 Å². The number of rotatable bonds is 19.